The molecule has 1 amide bonds. The van der Waals surface area contributed by atoms with Crippen molar-refractivity contribution in [1.82, 2.24) is 4.90 Å². The summed E-state index contributed by atoms with van der Waals surface area (Å²) >= 11 is 0. The van der Waals surface area contributed by atoms with Crippen LogP contribution in [0.4, 0.5) is 17.6 Å². The molecule has 6 heteroatoms. The topological polar surface area (TPSA) is 20.3 Å². The summed E-state index contributed by atoms with van der Waals surface area (Å²) in [6.07, 6.45) is -1.60. The van der Waals surface area contributed by atoms with Gasteiger partial charge in [0.05, 0.1) is 12.6 Å². The van der Waals surface area contributed by atoms with E-state index in [1.807, 2.05) is 5.92 Å². The van der Waals surface area contributed by atoms with Gasteiger partial charge in [0.1, 0.15) is 6.17 Å². The number of nitrogens with zero attached hydrogens (tertiary/aromatic N) is 1. The van der Waals surface area contributed by atoms with E-state index in [2.05, 4.69) is 0 Å². The van der Waals surface area contributed by atoms with Crippen LogP contribution in [0.1, 0.15) is 29.8 Å². The van der Waals surface area contributed by atoms with E-state index < -0.39 is 30.8 Å². The van der Waals surface area contributed by atoms with Crippen molar-refractivity contribution in [2.75, 3.05) is 6.54 Å². The molecule has 0 fully saturated rings. The van der Waals surface area contributed by atoms with Crippen molar-refractivity contribution < 1.29 is 22.4 Å². The maximum Gasteiger partial charge on any atom is 0.471 e. The van der Waals surface area contributed by atoms with Crippen molar-refractivity contribution in [3.63, 3.8) is 0 Å². The van der Waals surface area contributed by atoms with Crippen molar-refractivity contribution in [1.29, 1.82) is 0 Å². The molecule has 0 bridgehead atoms. The van der Waals surface area contributed by atoms with E-state index >= 15 is 0 Å². The number of terminal acetylenes is 1. The van der Waals surface area contributed by atoms with Crippen LogP contribution < -0.4 is 0 Å². The highest BCUT2D eigenvalue weighted by Gasteiger charge is 2.47. The number of amides is 1. The van der Waals surface area contributed by atoms with Gasteiger partial charge in [0.15, 0.2) is 0 Å². The lowest BCUT2D eigenvalue weighted by Gasteiger charge is -2.28. The summed E-state index contributed by atoms with van der Waals surface area (Å²) in [4.78, 5) is 12.0. The number of hydrogen-bond donors (Lipinski definition) is 0. The Bertz CT molecular complexity index is 561. The molecule has 1 aliphatic carbocycles. The molecule has 0 aliphatic heterocycles. The number of hydrogen-bond acceptors (Lipinski definition) is 1. The second kappa shape index (κ2) is 5.16. The first-order valence-corrected chi connectivity index (χ1v) is 5.90. The van der Waals surface area contributed by atoms with E-state index in [-0.39, 0.29) is 6.42 Å². The van der Waals surface area contributed by atoms with Gasteiger partial charge >= 0.3 is 12.1 Å². The molecular weight excluding hydrogens is 273 g/mol. The number of rotatable bonds is 2. The second-order valence-corrected chi connectivity index (χ2v) is 4.48. The minimum Gasteiger partial charge on any atom is -0.317 e. The van der Waals surface area contributed by atoms with E-state index in [1.165, 1.54) is 12.1 Å². The van der Waals surface area contributed by atoms with Crippen molar-refractivity contribution in [3.05, 3.63) is 35.4 Å². The molecule has 1 aromatic rings. The lowest BCUT2D eigenvalue weighted by atomic mass is 10.1. The summed E-state index contributed by atoms with van der Waals surface area (Å²) in [6, 6.07) is 5.24. The van der Waals surface area contributed by atoms with Gasteiger partial charge in [-0.15, -0.1) is 6.42 Å². The molecule has 2 unspecified atom stereocenters. The van der Waals surface area contributed by atoms with Crippen LogP contribution in [-0.4, -0.2) is 23.5 Å². The Hall–Kier alpha value is -2.03. The molecule has 0 saturated heterocycles. The smallest absolute Gasteiger partial charge is 0.317 e. The molecule has 2 atom stereocenters. The van der Waals surface area contributed by atoms with Crippen LogP contribution in [0.5, 0.6) is 0 Å². The molecule has 0 N–H and O–H groups in total. The standard InChI is InChI=1S/C14H11F4NO/c1-2-7-19(13(20)14(16,17)18)12-8-11(15)9-5-3-4-6-10(9)12/h1,3-6,11-12H,7-8H2/i15-1. The molecule has 2 rings (SSSR count). The normalized spacial score (nSPS) is 21.1. The maximum absolute atomic E-state index is 13.9. The van der Waals surface area contributed by atoms with Gasteiger partial charge < -0.3 is 4.90 Å². The summed E-state index contributed by atoms with van der Waals surface area (Å²) in [6.45, 7) is -0.510. The molecule has 0 saturated carbocycles. The minimum absolute atomic E-state index is 0.206. The average Bonchev–Trinajstić information content (AvgIpc) is 2.72. The van der Waals surface area contributed by atoms with Gasteiger partial charge in [-0.3, -0.25) is 4.79 Å². The summed E-state index contributed by atoms with van der Waals surface area (Å²) in [5.74, 6) is -0.0117. The lowest BCUT2D eigenvalue weighted by Crippen LogP contribution is -2.43. The molecule has 20 heavy (non-hydrogen) atoms. The van der Waals surface area contributed by atoms with Crippen LogP contribution in [0.15, 0.2) is 24.3 Å². The highest BCUT2D eigenvalue weighted by molar-refractivity contribution is 5.82. The third-order valence-electron chi connectivity index (χ3n) is 3.26. The van der Waals surface area contributed by atoms with Crippen LogP contribution in [0.2, 0.25) is 0 Å². The van der Waals surface area contributed by atoms with E-state index in [0.717, 1.165) is 0 Å². The highest BCUT2D eigenvalue weighted by Crippen LogP contribution is 2.44. The molecule has 1 aromatic carbocycles. The zero-order chi connectivity index (χ0) is 14.9. The lowest BCUT2D eigenvalue weighted by molar-refractivity contribution is -0.187. The third kappa shape index (κ3) is 2.48. The van der Waals surface area contributed by atoms with Crippen molar-refractivity contribution >= 4 is 5.91 Å². The fraction of sp³-hybridized carbons (Fsp3) is 0.357. The van der Waals surface area contributed by atoms with Gasteiger partial charge in [-0.25, -0.2) is 4.39 Å². The first kappa shape index (κ1) is 14.4. The number of fused-ring (bicyclic) bond motifs is 1. The molecule has 0 spiro atoms. The Morgan fingerprint density at radius 2 is 1.95 bits per heavy atom. The zero-order valence-electron chi connectivity index (χ0n) is 10.3. The van der Waals surface area contributed by atoms with Gasteiger partial charge in [0.25, 0.3) is 0 Å². The molecule has 2 nitrogen and oxygen atoms in total. The van der Waals surface area contributed by atoms with Gasteiger partial charge in [-0.1, -0.05) is 30.2 Å². The average molecular weight is 284 g/mol. The molecular formula is C14H11F4NO. The fourth-order valence-corrected chi connectivity index (χ4v) is 2.43. The van der Waals surface area contributed by atoms with E-state index in [1.54, 1.807) is 12.1 Å². The first-order chi connectivity index (χ1) is 9.36. The van der Waals surface area contributed by atoms with Gasteiger partial charge in [0.2, 0.25) is 0 Å². The molecule has 0 heterocycles. The second-order valence-electron chi connectivity index (χ2n) is 4.48. The molecule has 106 valence electrons. The SMILES string of the molecule is C#CCN(C(=O)C(F)(F)F)C1CC([18F])c2ccccc21. The molecule has 0 radical (unpaired) electrons. The number of halogens is 4. The number of carbonyl (C=O) groups excluding carboxylic acids is 1. The van der Waals surface area contributed by atoms with Crippen LogP contribution >= 0.6 is 0 Å². The summed E-state index contributed by atoms with van der Waals surface area (Å²) < 4.78 is 51.6. The third-order valence-corrected chi connectivity index (χ3v) is 3.26. The quantitative estimate of drug-likeness (QED) is 0.603. The summed E-state index contributed by atoms with van der Waals surface area (Å²) in [5.41, 5.74) is 0.697. The highest BCUT2D eigenvalue weighted by atomic mass is 19.4. The van der Waals surface area contributed by atoms with Gasteiger partial charge in [-0.05, 0) is 11.1 Å². The van der Waals surface area contributed by atoms with E-state index in [9.17, 15) is 22.4 Å². The Morgan fingerprint density at radius 3 is 2.50 bits per heavy atom. The number of carbonyl (C=O) groups is 1. The summed E-state index contributed by atoms with van der Waals surface area (Å²) in [7, 11) is 0. The molecule has 1 aliphatic rings. The Labute approximate surface area is 113 Å². The van der Waals surface area contributed by atoms with Crippen LogP contribution in [-0.2, 0) is 4.79 Å². The predicted molar refractivity (Wildman–Crippen MR) is 64.3 cm³/mol. The van der Waals surface area contributed by atoms with Crippen LogP contribution in [0.25, 0.3) is 0 Å². The van der Waals surface area contributed by atoms with Crippen molar-refractivity contribution in [2.24, 2.45) is 0 Å². The zero-order valence-corrected chi connectivity index (χ0v) is 10.3. The van der Waals surface area contributed by atoms with Gasteiger partial charge in [0, 0.05) is 6.42 Å². The number of benzene rings is 1. The van der Waals surface area contributed by atoms with Crippen LogP contribution in [0.3, 0.4) is 0 Å². The van der Waals surface area contributed by atoms with Crippen LogP contribution in [0, 0.1) is 12.3 Å². The van der Waals surface area contributed by atoms with Crippen molar-refractivity contribution in [2.45, 2.75) is 24.8 Å². The Kier molecular flexibility index (Phi) is 3.71. The first-order valence-electron chi connectivity index (χ1n) is 5.90. The Balaban J connectivity index is 2.38. The maximum atomic E-state index is 13.9. The largest absolute Gasteiger partial charge is 0.471 e. The monoisotopic (exact) mass is 284 g/mol. The predicted octanol–water partition coefficient (Wildman–Crippen LogP) is 3.17. The van der Waals surface area contributed by atoms with Crippen molar-refractivity contribution in [3.8, 4) is 12.3 Å². The number of alkyl halides is 4. The Morgan fingerprint density at radius 1 is 1.35 bits per heavy atom. The van der Waals surface area contributed by atoms with E-state index in [4.69, 9.17) is 6.42 Å². The minimum atomic E-state index is -5.03. The fourth-order valence-electron chi connectivity index (χ4n) is 2.43. The van der Waals surface area contributed by atoms with E-state index in [0.29, 0.717) is 16.0 Å². The van der Waals surface area contributed by atoms with Gasteiger partial charge in [-0.2, -0.15) is 13.2 Å². The molecule has 0 aromatic heterocycles. The summed E-state index contributed by atoms with van der Waals surface area (Å²) in [5, 5.41) is 0.